The average Bonchev–Trinajstić information content (AvgIpc) is 2.62. The number of aromatic nitrogens is 2. The van der Waals surface area contributed by atoms with Gasteiger partial charge in [0.15, 0.2) is 18.2 Å². The zero-order valence-electron chi connectivity index (χ0n) is 15.3. The van der Waals surface area contributed by atoms with Crippen LogP contribution in [0.4, 0.5) is 8.78 Å². The lowest BCUT2D eigenvalue weighted by Crippen LogP contribution is -2.26. The molecule has 0 atom stereocenters. The summed E-state index contributed by atoms with van der Waals surface area (Å²) < 4.78 is 42.4. The smallest absolute Gasteiger partial charge is 0.337 e. The van der Waals surface area contributed by atoms with E-state index in [2.05, 4.69) is 4.98 Å². The Kier molecular flexibility index (Phi) is 6.97. The number of hydrogen-bond acceptors (Lipinski definition) is 7. The molecule has 0 saturated carbocycles. The van der Waals surface area contributed by atoms with E-state index in [1.54, 1.807) is 6.92 Å². The van der Waals surface area contributed by atoms with Crippen molar-refractivity contribution in [2.75, 3.05) is 13.2 Å². The summed E-state index contributed by atoms with van der Waals surface area (Å²) in [5.41, 5.74) is -0.580. The molecule has 0 saturated heterocycles. The molecule has 0 aliphatic heterocycles. The summed E-state index contributed by atoms with van der Waals surface area (Å²) in [6.45, 7) is 1.89. The van der Waals surface area contributed by atoms with Crippen molar-refractivity contribution in [3.05, 3.63) is 40.3 Å². The molecular formula is C17H18F2N2O6S. The number of ether oxygens (including phenoxy) is 1. The van der Waals surface area contributed by atoms with E-state index in [-0.39, 0.29) is 28.5 Å². The highest BCUT2D eigenvalue weighted by atomic mass is 32.2. The van der Waals surface area contributed by atoms with E-state index in [9.17, 15) is 18.4 Å². The van der Waals surface area contributed by atoms with E-state index in [0.29, 0.717) is 25.9 Å². The van der Waals surface area contributed by atoms with Crippen LogP contribution in [-0.2, 0) is 11.2 Å². The van der Waals surface area contributed by atoms with Gasteiger partial charge in [-0.1, -0.05) is 0 Å². The van der Waals surface area contributed by atoms with Crippen molar-refractivity contribution in [3.63, 3.8) is 0 Å². The molecule has 0 unspecified atom stereocenters. The lowest BCUT2D eigenvalue weighted by molar-refractivity contribution is -0.0252. The summed E-state index contributed by atoms with van der Waals surface area (Å²) in [6.07, 6.45) is 1.08. The Morgan fingerprint density at radius 3 is 2.71 bits per heavy atom. The number of rotatable bonds is 9. The quantitative estimate of drug-likeness (QED) is 0.492. The van der Waals surface area contributed by atoms with Gasteiger partial charge < -0.3 is 14.0 Å². The van der Waals surface area contributed by atoms with E-state index in [1.165, 1.54) is 25.2 Å². The maximum absolute atomic E-state index is 13.0. The van der Waals surface area contributed by atoms with Crippen molar-refractivity contribution in [1.29, 1.82) is 0 Å². The number of carboxylic acids is 1. The topological polar surface area (TPSA) is 99.9 Å². The number of halogens is 2. The summed E-state index contributed by atoms with van der Waals surface area (Å²) >= 11 is 0.610. The molecule has 0 radical (unpaired) electrons. The van der Waals surface area contributed by atoms with E-state index >= 15 is 0 Å². The van der Waals surface area contributed by atoms with Crippen LogP contribution < -0.4 is 14.5 Å². The van der Waals surface area contributed by atoms with Gasteiger partial charge in [-0.25, -0.2) is 13.6 Å². The van der Waals surface area contributed by atoms with Gasteiger partial charge in [-0.15, -0.1) is 0 Å². The first-order valence-electron chi connectivity index (χ1n) is 8.04. The molecule has 0 aromatic carbocycles. The molecule has 2 aromatic heterocycles. The minimum absolute atomic E-state index is 0.00390. The van der Waals surface area contributed by atoms with Gasteiger partial charge in [0.05, 0.1) is 17.7 Å². The first-order valence-corrected chi connectivity index (χ1v) is 8.71. The summed E-state index contributed by atoms with van der Waals surface area (Å²) in [7, 11) is 1.36. The first kappa shape index (κ1) is 21.6. The fourth-order valence-corrected chi connectivity index (χ4v) is 2.43. The standard InChI is InChI=1S/C17H18F2N2O6S/c1-4-26-28-27-12-7-10(16(23)24)8-20-14(12)11-5-6-13(21(3)15(11)22)25-9-17(2,18)19/h5-8H,4,9H2,1-3H3,(H,23,24). The summed E-state index contributed by atoms with van der Waals surface area (Å²) in [5, 5.41) is 9.12. The maximum Gasteiger partial charge on any atom is 0.337 e. The Bertz CT molecular complexity index is 913. The molecule has 152 valence electrons. The van der Waals surface area contributed by atoms with E-state index in [1.807, 2.05) is 0 Å². The van der Waals surface area contributed by atoms with Gasteiger partial charge in [-0.05, 0) is 19.1 Å². The number of aromatic carboxylic acids is 1. The molecule has 0 bridgehead atoms. The van der Waals surface area contributed by atoms with Crippen molar-refractivity contribution in [2.45, 2.75) is 19.8 Å². The zero-order valence-corrected chi connectivity index (χ0v) is 16.1. The zero-order chi connectivity index (χ0) is 20.9. The molecule has 11 heteroatoms. The van der Waals surface area contributed by atoms with Crippen LogP contribution in [0.1, 0.15) is 24.2 Å². The highest BCUT2D eigenvalue weighted by Crippen LogP contribution is 2.30. The molecule has 8 nitrogen and oxygen atoms in total. The molecule has 0 fully saturated rings. The van der Waals surface area contributed by atoms with Gasteiger partial charge in [0.25, 0.3) is 11.5 Å². The average molecular weight is 416 g/mol. The second-order valence-corrected chi connectivity index (χ2v) is 6.28. The number of alkyl halides is 2. The van der Waals surface area contributed by atoms with Crippen molar-refractivity contribution in [2.24, 2.45) is 7.05 Å². The van der Waals surface area contributed by atoms with E-state index in [4.69, 9.17) is 18.2 Å². The summed E-state index contributed by atoms with van der Waals surface area (Å²) in [5.74, 6) is -4.32. The third-order valence-corrected chi connectivity index (χ3v) is 3.96. The van der Waals surface area contributed by atoms with Gasteiger partial charge in [0.2, 0.25) is 12.3 Å². The lowest BCUT2D eigenvalue weighted by Gasteiger charge is -2.15. The Balaban J connectivity index is 2.44. The molecule has 1 N–H and O–H groups in total. The molecule has 0 aliphatic rings. The number of pyridine rings is 2. The first-order chi connectivity index (χ1) is 13.1. The second-order valence-electron chi connectivity index (χ2n) is 5.74. The molecular weight excluding hydrogens is 398 g/mol. The summed E-state index contributed by atoms with van der Waals surface area (Å²) in [4.78, 5) is 27.9. The van der Waals surface area contributed by atoms with E-state index in [0.717, 1.165) is 10.8 Å². The van der Waals surface area contributed by atoms with Crippen LogP contribution in [0.3, 0.4) is 0 Å². The molecule has 2 heterocycles. The molecule has 2 aromatic rings. The van der Waals surface area contributed by atoms with Crippen LogP contribution in [0, 0.1) is 0 Å². The van der Waals surface area contributed by atoms with Crippen molar-refractivity contribution < 1.29 is 31.8 Å². The third kappa shape index (κ3) is 5.42. The van der Waals surface area contributed by atoms with E-state index < -0.39 is 24.1 Å². The molecule has 0 amide bonds. The fourth-order valence-electron chi connectivity index (χ4n) is 2.08. The molecule has 28 heavy (non-hydrogen) atoms. The van der Waals surface area contributed by atoms with Crippen LogP contribution >= 0.6 is 12.3 Å². The Labute approximate surface area is 163 Å². The fraction of sp³-hybridized carbons (Fsp3) is 0.353. The van der Waals surface area contributed by atoms with Gasteiger partial charge in [-0.2, -0.15) is 0 Å². The van der Waals surface area contributed by atoms with Crippen molar-refractivity contribution in [1.82, 2.24) is 9.55 Å². The van der Waals surface area contributed by atoms with Gasteiger partial charge >= 0.3 is 5.97 Å². The third-order valence-electron chi connectivity index (χ3n) is 3.38. The molecule has 0 spiro atoms. The highest BCUT2D eigenvalue weighted by molar-refractivity contribution is 7.90. The van der Waals surface area contributed by atoms with Gasteiger partial charge in [-0.3, -0.25) is 18.5 Å². The minimum atomic E-state index is -3.06. The predicted octanol–water partition coefficient (Wildman–Crippen LogP) is 3.16. The van der Waals surface area contributed by atoms with Crippen LogP contribution in [-0.4, -0.2) is 39.8 Å². The Morgan fingerprint density at radius 2 is 2.11 bits per heavy atom. The van der Waals surface area contributed by atoms with Crippen LogP contribution in [0.5, 0.6) is 11.6 Å². The van der Waals surface area contributed by atoms with Gasteiger partial charge in [0.1, 0.15) is 5.69 Å². The number of hydrogen-bond donors (Lipinski definition) is 1. The molecule has 2 rings (SSSR count). The predicted molar refractivity (Wildman–Crippen MR) is 97.8 cm³/mol. The van der Waals surface area contributed by atoms with Crippen molar-refractivity contribution >= 4 is 18.3 Å². The normalized spacial score (nSPS) is 11.3. The van der Waals surface area contributed by atoms with Crippen LogP contribution in [0.2, 0.25) is 0 Å². The van der Waals surface area contributed by atoms with Crippen LogP contribution in [0.25, 0.3) is 11.3 Å². The number of nitrogens with zero attached hydrogens (tertiary/aromatic N) is 2. The molecule has 0 aliphatic carbocycles. The van der Waals surface area contributed by atoms with Gasteiger partial charge in [0, 0.05) is 26.2 Å². The Morgan fingerprint density at radius 1 is 1.39 bits per heavy atom. The van der Waals surface area contributed by atoms with Crippen molar-refractivity contribution in [3.8, 4) is 22.9 Å². The Hall–Kier alpha value is -2.66. The maximum atomic E-state index is 13.0. The second kappa shape index (κ2) is 9.02. The SMILES string of the molecule is CCOSOc1cc(C(=O)O)cnc1-c1ccc(OCC(C)(F)F)n(C)c1=O. The summed E-state index contributed by atoms with van der Waals surface area (Å²) in [6, 6.07) is 3.89. The monoisotopic (exact) mass is 416 g/mol. The minimum Gasteiger partial charge on any atom is -0.478 e. The van der Waals surface area contributed by atoms with Crippen LogP contribution in [0.15, 0.2) is 29.2 Å². The lowest BCUT2D eigenvalue weighted by atomic mass is 10.1. The number of carboxylic acid groups (broad SMARTS) is 1. The number of carbonyl (C=O) groups is 1. The largest absolute Gasteiger partial charge is 0.478 e. The highest BCUT2D eigenvalue weighted by Gasteiger charge is 2.23.